The van der Waals surface area contributed by atoms with Crippen molar-refractivity contribution < 1.29 is 4.79 Å². The largest absolute Gasteiger partial charge is 0.320 e. The maximum atomic E-state index is 11.9. The van der Waals surface area contributed by atoms with Crippen LogP contribution < -0.4 is 5.32 Å². The Bertz CT molecular complexity index is 472. The molecule has 0 fully saturated rings. The summed E-state index contributed by atoms with van der Waals surface area (Å²) in [6.07, 6.45) is 3.27. The normalized spacial score (nSPS) is 11.4. The molecule has 0 radical (unpaired) electrons. The van der Waals surface area contributed by atoms with Crippen LogP contribution in [0.2, 0.25) is 0 Å². The van der Waals surface area contributed by atoms with Gasteiger partial charge in [-0.25, -0.2) is 0 Å². The summed E-state index contributed by atoms with van der Waals surface area (Å²) in [6.45, 7) is 11.2. The van der Waals surface area contributed by atoms with Gasteiger partial charge >= 0.3 is 0 Å². The van der Waals surface area contributed by atoms with Crippen LogP contribution in [0.5, 0.6) is 0 Å². The van der Waals surface area contributed by atoms with Gasteiger partial charge in [0.2, 0.25) is 0 Å². The number of hydrogen-bond acceptors (Lipinski definition) is 2. The van der Waals surface area contributed by atoms with E-state index in [0.717, 1.165) is 11.1 Å². The van der Waals surface area contributed by atoms with Gasteiger partial charge in [0.25, 0.3) is 5.91 Å². The third kappa shape index (κ3) is 3.41. The van der Waals surface area contributed by atoms with Crippen molar-refractivity contribution in [3.63, 3.8) is 0 Å². The number of pyridine rings is 1. The maximum Gasteiger partial charge on any atom is 0.274 e. The fraction of sp³-hybridized carbons (Fsp3) is 0.143. The van der Waals surface area contributed by atoms with Gasteiger partial charge in [-0.3, -0.25) is 9.78 Å². The zero-order chi connectivity index (χ0) is 12.8. The van der Waals surface area contributed by atoms with Crippen molar-refractivity contribution in [2.75, 3.05) is 0 Å². The van der Waals surface area contributed by atoms with Crippen molar-refractivity contribution in [2.45, 2.75) is 13.8 Å². The molecule has 1 aromatic heterocycles. The fourth-order valence-electron chi connectivity index (χ4n) is 1.32. The van der Waals surface area contributed by atoms with Crippen LogP contribution in [0.15, 0.2) is 60.5 Å². The van der Waals surface area contributed by atoms with Gasteiger partial charge in [0.1, 0.15) is 5.69 Å². The number of carbonyl (C=O) groups is 1. The van der Waals surface area contributed by atoms with Gasteiger partial charge in [0.05, 0.1) is 0 Å². The molecule has 0 aliphatic carbocycles. The third-order valence-corrected chi connectivity index (χ3v) is 2.26. The SMILES string of the molecule is C=C/C(C)=C(/NC(=O)c1ccccn1)C(=C)C. The average molecular weight is 228 g/mol. The van der Waals surface area contributed by atoms with Crippen molar-refractivity contribution in [3.05, 3.63) is 66.2 Å². The van der Waals surface area contributed by atoms with Crippen LogP contribution in [0, 0.1) is 0 Å². The minimum absolute atomic E-state index is 0.246. The Morgan fingerprint density at radius 3 is 2.59 bits per heavy atom. The van der Waals surface area contributed by atoms with E-state index in [1.165, 1.54) is 0 Å². The standard InChI is InChI=1S/C14H16N2O/c1-5-11(4)13(10(2)3)16-14(17)12-8-6-7-9-15-12/h5-9H,1-2H2,3-4H3,(H,16,17)/b13-11+. The Morgan fingerprint density at radius 1 is 1.41 bits per heavy atom. The van der Waals surface area contributed by atoms with Gasteiger partial charge in [0, 0.05) is 11.9 Å². The smallest absolute Gasteiger partial charge is 0.274 e. The summed E-state index contributed by atoms with van der Waals surface area (Å²) < 4.78 is 0. The Kier molecular flexibility index (Phi) is 4.40. The molecule has 1 aromatic rings. The Balaban J connectivity index is 2.94. The van der Waals surface area contributed by atoms with Gasteiger partial charge in [0.15, 0.2) is 0 Å². The molecule has 0 bridgehead atoms. The number of allylic oxidation sites excluding steroid dienone is 3. The lowest BCUT2D eigenvalue weighted by molar-refractivity contribution is 0.0961. The number of nitrogens with zero attached hydrogens (tertiary/aromatic N) is 1. The Morgan fingerprint density at radius 2 is 2.12 bits per heavy atom. The van der Waals surface area contributed by atoms with Crippen LogP contribution >= 0.6 is 0 Å². The summed E-state index contributed by atoms with van der Waals surface area (Å²) in [5, 5.41) is 2.79. The first kappa shape index (κ1) is 12.9. The van der Waals surface area contributed by atoms with Crippen LogP contribution in [0.4, 0.5) is 0 Å². The van der Waals surface area contributed by atoms with Crippen LogP contribution in [-0.4, -0.2) is 10.9 Å². The Labute approximate surface area is 102 Å². The number of nitrogens with one attached hydrogen (secondary N) is 1. The molecule has 0 atom stereocenters. The zero-order valence-electron chi connectivity index (χ0n) is 10.2. The lowest BCUT2D eigenvalue weighted by Crippen LogP contribution is -2.25. The van der Waals surface area contributed by atoms with E-state index >= 15 is 0 Å². The fourth-order valence-corrected chi connectivity index (χ4v) is 1.32. The minimum Gasteiger partial charge on any atom is -0.320 e. The molecule has 1 N–H and O–H groups in total. The summed E-state index contributed by atoms with van der Waals surface area (Å²) in [6, 6.07) is 5.20. The van der Waals surface area contributed by atoms with E-state index in [2.05, 4.69) is 23.5 Å². The zero-order valence-corrected chi connectivity index (χ0v) is 10.2. The minimum atomic E-state index is -0.246. The predicted molar refractivity (Wildman–Crippen MR) is 69.4 cm³/mol. The number of hydrogen-bond donors (Lipinski definition) is 1. The molecule has 0 aliphatic heterocycles. The van der Waals surface area contributed by atoms with Crippen LogP contribution in [0.3, 0.4) is 0 Å². The third-order valence-electron chi connectivity index (χ3n) is 2.26. The van der Waals surface area contributed by atoms with E-state index in [9.17, 15) is 4.79 Å². The molecule has 17 heavy (non-hydrogen) atoms. The highest BCUT2D eigenvalue weighted by Crippen LogP contribution is 2.11. The Hall–Kier alpha value is -2.16. The van der Waals surface area contributed by atoms with Crippen molar-refractivity contribution in [2.24, 2.45) is 0 Å². The number of rotatable bonds is 4. The van der Waals surface area contributed by atoms with Crippen molar-refractivity contribution in [3.8, 4) is 0 Å². The van der Waals surface area contributed by atoms with Crippen molar-refractivity contribution in [1.82, 2.24) is 10.3 Å². The summed E-state index contributed by atoms with van der Waals surface area (Å²) in [5.74, 6) is -0.246. The highest BCUT2D eigenvalue weighted by atomic mass is 16.1. The molecule has 0 aliphatic rings. The first-order valence-electron chi connectivity index (χ1n) is 5.28. The van der Waals surface area contributed by atoms with E-state index in [1.807, 2.05) is 13.8 Å². The number of carbonyl (C=O) groups excluding carboxylic acids is 1. The second kappa shape index (κ2) is 5.80. The quantitative estimate of drug-likeness (QED) is 0.805. The molecule has 0 saturated carbocycles. The van der Waals surface area contributed by atoms with Gasteiger partial charge in [-0.1, -0.05) is 25.3 Å². The van der Waals surface area contributed by atoms with E-state index in [-0.39, 0.29) is 5.91 Å². The highest BCUT2D eigenvalue weighted by molar-refractivity contribution is 5.93. The molecule has 3 heteroatoms. The molecule has 3 nitrogen and oxygen atoms in total. The molecule has 1 heterocycles. The topological polar surface area (TPSA) is 42.0 Å². The van der Waals surface area contributed by atoms with E-state index in [1.54, 1.807) is 30.5 Å². The van der Waals surface area contributed by atoms with Crippen LogP contribution in [-0.2, 0) is 0 Å². The maximum absolute atomic E-state index is 11.9. The molecule has 1 rings (SSSR count). The summed E-state index contributed by atoms with van der Waals surface area (Å²) in [7, 11) is 0. The first-order valence-corrected chi connectivity index (χ1v) is 5.28. The summed E-state index contributed by atoms with van der Waals surface area (Å²) in [4.78, 5) is 15.9. The lowest BCUT2D eigenvalue weighted by Gasteiger charge is -2.11. The predicted octanol–water partition coefficient (Wildman–Crippen LogP) is 2.85. The molecule has 0 saturated heterocycles. The van der Waals surface area contributed by atoms with Gasteiger partial charge in [-0.15, -0.1) is 0 Å². The molecule has 0 aromatic carbocycles. The van der Waals surface area contributed by atoms with Crippen molar-refractivity contribution >= 4 is 5.91 Å². The second-order valence-electron chi connectivity index (χ2n) is 3.71. The van der Waals surface area contributed by atoms with Crippen LogP contribution in [0.25, 0.3) is 0 Å². The van der Waals surface area contributed by atoms with E-state index in [4.69, 9.17) is 0 Å². The van der Waals surface area contributed by atoms with E-state index < -0.39 is 0 Å². The molecular formula is C14H16N2O. The molecule has 0 spiro atoms. The monoisotopic (exact) mass is 228 g/mol. The van der Waals surface area contributed by atoms with Gasteiger partial charge in [-0.05, 0) is 37.1 Å². The number of amides is 1. The lowest BCUT2D eigenvalue weighted by atomic mass is 10.1. The van der Waals surface area contributed by atoms with Gasteiger partial charge < -0.3 is 5.32 Å². The average Bonchev–Trinajstić information content (AvgIpc) is 2.35. The number of aromatic nitrogens is 1. The molecule has 88 valence electrons. The van der Waals surface area contributed by atoms with Gasteiger partial charge in [-0.2, -0.15) is 0 Å². The van der Waals surface area contributed by atoms with Crippen LogP contribution in [0.1, 0.15) is 24.3 Å². The first-order chi connectivity index (χ1) is 8.06. The summed E-state index contributed by atoms with van der Waals surface area (Å²) >= 11 is 0. The van der Waals surface area contributed by atoms with Crippen molar-refractivity contribution in [1.29, 1.82) is 0 Å². The second-order valence-corrected chi connectivity index (χ2v) is 3.71. The molecule has 0 unspecified atom stereocenters. The highest BCUT2D eigenvalue weighted by Gasteiger charge is 2.10. The molecule has 1 amide bonds. The summed E-state index contributed by atoms with van der Waals surface area (Å²) in [5.41, 5.74) is 2.73. The van der Waals surface area contributed by atoms with E-state index in [0.29, 0.717) is 11.4 Å². The molecular weight excluding hydrogens is 212 g/mol.